The Morgan fingerprint density at radius 1 is 1.22 bits per heavy atom. The fraction of sp³-hybridized carbons (Fsp3) is 0.500. The van der Waals surface area contributed by atoms with Gasteiger partial charge in [0, 0.05) is 0 Å². The zero-order valence-electron chi connectivity index (χ0n) is 8.41. The van der Waals surface area contributed by atoms with Gasteiger partial charge in [-0.3, -0.25) is 14.2 Å². The van der Waals surface area contributed by atoms with E-state index >= 15 is 0 Å². The summed E-state index contributed by atoms with van der Waals surface area (Å²) in [5.74, 6) is -6.21. The van der Waals surface area contributed by atoms with E-state index in [9.17, 15) is 27.7 Å². The molecular weight excluding hydrogens is 283 g/mol. The minimum Gasteiger partial charge on any atom is -0.481 e. The largest absolute Gasteiger partial charge is 0.481 e. The lowest BCUT2D eigenvalue weighted by molar-refractivity contribution is -0.150. The molecule has 1 unspecified atom stereocenters. The molecule has 0 aliphatic carbocycles. The molecule has 0 rings (SSSR count). The Labute approximate surface area is 97.6 Å². The summed E-state index contributed by atoms with van der Waals surface area (Å²) >= 11 is 0. The van der Waals surface area contributed by atoms with Gasteiger partial charge in [-0.1, -0.05) is 0 Å². The van der Waals surface area contributed by atoms with Crippen LogP contribution >= 0.6 is 7.60 Å². The molecule has 18 heavy (non-hydrogen) atoms. The van der Waals surface area contributed by atoms with E-state index in [0.29, 0.717) is 0 Å². The van der Waals surface area contributed by atoms with Crippen LogP contribution in [-0.4, -0.2) is 49.6 Å². The summed E-state index contributed by atoms with van der Waals surface area (Å²) in [6.45, 7) is 0. The first-order valence-corrected chi connectivity index (χ1v) is 5.70. The summed E-state index contributed by atoms with van der Waals surface area (Å²) in [6, 6.07) is -2.23. The highest BCUT2D eigenvalue weighted by Gasteiger charge is 2.56. The van der Waals surface area contributed by atoms with Crippen molar-refractivity contribution in [3.05, 3.63) is 0 Å². The summed E-state index contributed by atoms with van der Waals surface area (Å²) in [4.78, 5) is 47.8. The van der Waals surface area contributed by atoms with Crippen molar-refractivity contribution in [1.82, 2.24) is 5.32 Å². The van der Waals surface area contributed by atoms with E-state index < -0.39 is 43.6 Å². The van der Waals surface area contributed by atoms with Gasteiger partial charge in [-0.05, 0) is 0 Å². The normalized spacial score (nSPS) is 13.8. The molecule has 1 atom stereocenters. The Bertz CT molecular complexity index is 418. The molecule has 5 N–H and O–H groups in total. The number of carbonyl (C=O) groups excluding carboxylic acids is 1. The van der Waals surface area contributed by atoms with Crippen LogP contribution in [0, 0.1) is 0 Å². The molecule has 104 valence electrons. The van der Waals surface area contributed by atoms with Gasteiger partial charge < -0.3 is 25.3 Å². The van der Waals surface area contributed by atoms with E-state index in [4.69, 9.17) is 20.0 Å². The first-order valence-electron chi connectivity index (χ1n) is 4.08. The van der Waals surface area contributed by atoms with Gasteiger partial charge >= 0.3 is 31.1 Å². The van der Waals surface area contributed by atoms with Gasteiger partial charge in [-0.25, -0.2) is 4.79 Å². The fourth-order valence-electron chi connectivity index (χ4n) is 0.752. The first kappa shape index (κ1) is 16.4. The molecule has 0 spiro atoms. The fourth-order valence-corrected chi connectivity index (χ4v) is 1.08. The highest BCUT2D eigenvalue weighted by Crippen LogP contribution is 2.52. The minimum atomic E-state index is -6.13. The standard InChI is InChI=1S/C6H8F2NO8P/c7-6(8,18(15,16)17)5(14)9-2(4(12)13)1-3(10)11/h2H,1H2,(H,9,14)(H,10,11)(H,12,13)(H2,15,16,17). The number of carboxylic acids is 2. The number of halogens is 2. The lowest BCUT2D eigenvalue weighted by Gasteiger charge is -2.19. The molecule has 9 nitrogen and oxygen atoms in total. The number of nitrogens with one attached hydrogen (secondary N) is 1. The van der Waals surface area contributed by atoms with E-state index in [1.165, 1.54) is 0 Å². The van der Waals surface area contributed by atoms with Crippen molar-refractivity contribution in [3.63, 3.8) is 0 Å². The molecule has 0 heterocycles. The third-order valence-corrected chi connectivity index (χ3v) is 2.56. The Morgan fingerprint density at radius 3 is 1.94 bits per heavy atom. The lowest BCUT2D eigenvalue weighted by Crippen LogP contribution is -2.49. The molecule has 0 aliphatic rings. The van der Waals surface area contributed by atoms with Crippen LogP contribution in [0.3, 0.4) is 0 Å². The SMILES string of the molecule is O=C(O)CC(NC(=O)C(F)(F)P(=O)(O)O)C(=O)O. The average molecular weight is 291 g/mol. The second-order valence-electron chi connectivity index (χ2n) is 3.05. The number of hydrogen-bond acceptors (Lipinski definition) is 4. The molecule has 0 saturated carbocycles. The number of carboxylic acid groups (broad SMARTS) is 2. The molecule has 0 radical (unpaired) electrons. The Morgan fingerprint density at radius 2 is 1.67 bits per heavy atom. The van der Waals surface area contributed by atoms with Gasteiger partial charge in [-0.2, -0.15) is 8.78 Å². The molecule has 0 aromatic carbocycles. The number of carbonyl (C=O) groups is 3. The Balaban J connectivity index is 4.97. The van der Waals surface area contributed by atoms with Crippen molar-refractivity contribution in [2.75, 3.05) is 0 Å². The lowest BCUT2D eigenvalue weighted by atomic mass is 10.2. The van der Waals surface area contributed by atoms with Gasteiger partial charge in [0.05, 0.1) is 6.42 Å². The quantitative estimate of drug-likeness (QED) is 0.381. The molecular formula is C6H8F2NO8P. The highest BCUT2D eigenvalue weighted by atomic mass is 31.2. The maximum Gasteiger partial charge on any atom is 0.421 e. The summed E-state index contributed by atoms with van der Waals surface area (Å²) in [5, 5.41) is 17.7. The van der Waals surface area contributed by atoms with Crippen LogP contribution in [0.25, 0.3) is 0 Å². The van der Waals surface area contributed by atoms with Crippen LogP contribution in [-0.2, 0) is 18.9 Å². The number of aliphatic carboxylic acids is 2. The number of hydrogen-bond donors (Lipinski definition) is 5. The van der Waals surface area contributed by atoms with Crippen molar-refractivity contribution < 1.29 is 47.7 Å². The van der Waals surface area contributed by atoms with Crippen LogP contribution in [0.5, 0.6) is 0 Å². The zero-order chi connectivity index (χ0) is 14.7. The van der Waals surface area contributed by atoms with E-state index in [0.717, 1.165) is 5.32 Å². The molecule has 0 aromatic rings. The van der Waals surface area contributed by atoms with Gasteiger partial charge in [-0.15, -0.1) is 0 Å². The predicted octanol–water partition coefficient (Wildman–Crippen LogP) is -1.20. The van der Waals surface area contributed by atoms with Crippen molar-refractivity contribution >= 4 is 25.4 Å². The highest BCUT2D eigenvalue weighted by molar-refractivity contribution is 7.54. The molecule has 12 heteroatoms. The predicted molar refractivity (Wildman–Crippen MR) is 48.8 cm³/mol. The van der Waals surface area contributed by atoms with E-state index in [1.54, 1.807) is 0 Å². The van der Waals surface area contributed by atoms with Crippen molar-refractivity contribution in [2.45, 2.75) is 18.1 Å². The topological polar surface area (TPSA) is 161 Å². The van der Waals surface area contributed by atoms with Gasteiger partial charge in [0.2, 0.25) is 0 Å². The van der Waals surface area contributed by atoms with Gasteiger partial charge in [0.25, 0.3) is 0 Å². The van der Waals surface area contributed by atoms with Crippen LogP contribution < -0.4 is 5.32 Å². The second-order valence-corrected chi connectivity index (χ2v) is 4.70. The van der Waals surface area contributed by atoms with Gasteiger partial charge in [0.15, 0.2) is 0 Å². The molecule has 0 fully saturated rings. The van der Waals surface area contributed by atoms with E-state index in [1.807, 2.05) is 0 Å². The molecule has 0 aromatic heterocycles. The van der Waals surface area contributed by atoms with Gasteiger partial charge in [0.1, 0.15) is 6.04 Å². The van der Waals surface area contributed by atoms with Crippen LogP contribution in [0.2, 0.25) is 0 Å². The maximum atomic E-state index is 12.8. The summed E-state index contributed by atoms with van der Waals surface area (Å²) < 4.78 is 35.8. The number of alkyl halides is 2. The van der Waals surface area contributed by atoms with Crippen LogP contribution in [0.4, 0.5) is 8.78 Å². The summed E-state index contributed by atoms with van der Waals surface area (Å²) in [5.41, 5.74) is -5.14. The minimum absolute atomic E-state index is 1.03. The Kier molecular flexibility index (Phi) is 4.90. The number of rotatable bonds is 6. The molecule has 0 bridgehead atoms. The second kappa shape index (κ2) is 5.38. The third-order valence-electron chi connectivity index (χ3n) is 1.62. The molecule has 1 amide bonds. The maximum absolute atomic E-state index is 12.8. The summed E-state index contributed by atoms with van der Waals surface area (Å²) in [6.07, 6.45) is -1.22. The van der Waals surface area contributed by atoms with Crippen LogP contribution in [0.15, 0.2) is 0 Å². The van der Waals surface area contributed by atoms with E-state index in [2.05, 4.69) is 0 Å². The Hall–Kier alpha value is -1.58. The van der Waals surface area contributed by atoms with E-state index in [-0.39, 0.29) is 0 Å². The van der Waals surface area contributed by atoms with Crippen molar-refractivity contribution in [2.24, 2.45) is 0 Å². The van der Waals surface area contributed by atoms with Crippen LogP contribution in [0.1, 0.15) is 6.42 Å². The average Bonchev–Trinajstić information content (AvgIpc) is 2.13. The monoisotopic (exact) mass is 291 g/mol. The molecule has 0 aliphatic heterocycles. The summed E-state index contributed by atoms with van der Waals surface area (Å²) in [7, 11) is -6.13. The number of amides is 1. The van der Waals surface area contributed by atoms with Crippen molar-refractivity contribution in [1.29, 1.82) is 0 Å². The smallest absolute Gasteiger partial charge is 0.421 e. The molecule has 0 saturated heterocycles. The first-order chi connectivity index (χ1) is 7.89. The third kappa shape index (κ3) is 4.02. The zero-order valence-corrected chi connectivity index (χ0v) is 9.30. The van der Waals surface area contributed by atoms with Crippen molar-refractivity contribution in [3.8, 4) is 0 Å².